The molecule has 0 unspecified atom stereocenters. The van der Waals surface area contributed by atoms with Gasteiger partial charge in [-0.2, -0.15) is 8.78 Å². The first kappa shape index (κ1) is 21.9. The molecule has 0 saturated heterocycles. The van der Waals surface area contributed by atoms with Crippen molar-refractivity contribution in [2.45, 2.75) is 37.0 Å². The van der Waals surface area contributed by atoms with Crippen molar-refractivity contribution in [2.75, 3.05) is 12.4 Å². The minimum Gasteiger partial charge on any atom is -0.465 e. The average molecular weight is 469 g/mol. The summed E-state index contributed by atoms with van der Waals surface area (Å²) in [5.41, 5.74) is 1.77. The Labute approximate surface area is 186 Å². The zero-order valence-electron chi connectivity index (χ0n) is 16.4. The molecule has 2 atom stereocenters. The number of hydrogen-bond acceptors (Lipinski definition) is 6. The van der Waals surface area contributed by atoms with Crippen LogP contribution < -0.4 is 4.74 Å². The van der Waals surface area contributed by atoms with Crippen LogP contribution in [0, 0.1) is 0 Å². The van der Waals surface area contributed by atoms with Crippen LogP contribution in [0.25, 0.3) is 11.0 Å². The van der Waals surface area contributed by atoms with E-state index in [1.54, 1.807) is 41.8 Å². The molecule has 1 aliphatic heterocycles. The fraction of sp³-hybridized carbons (Fsp3) is 0.333. The molecule has 0 saturated carbocycles. The van der Waals surface area contributed by atoms with E-state index in [1.807, 2.05) is 0 Å². The summed E-state index contributed by atoms with van der Waals surface area (Å²) in [5.74, 6) is 0.0105. The van der Waals surface area contributed by atoms with Crippen molar-refractivity contribution in [2.24, 2.45) is 0 Å². The minimum absolute atomic E-state index is 0.0115. The van der Waals surface area contributed by atoms with Crippen LogP contribution in [0.5, 0.6) is 5.75 Å². The third-order valence-electron chi connectivity index (χ3n) is 4.96. The molecular weight excluding hydrogens is 450 g/mol. The number of aromatic nitrogens is 2. The van der Waals surface area contributed by atoms with Crippen LogP contribution in [-0.4, -0.2) is 39.6 Å². The topological polar surface area (TPSA) is 73.6 Å². The van der Waals surface area contributed by atoms with E-state index in [0.717, 1.165) is 0 Å². The van der Waals surface area contributed by atoms with Gasteiger partial charge in [0, 0.05) is 21.9 Å². The van der Waals surface area contributed by atoms with Gasteiger partial charge in [0.05, 0.1) is 29.4 Å². The Morgan fingerprint density at radius 2 is 2.19 bits per heavy atom. The number of hydrogen-bond donors (Lipinski definition) is 1. The van der Waals surface area contributed by atoms with Crippen molar-refractivity contribution in [1.82, 2.24) is 9.55 Å². The molecule has 2 aromatic carbocycles. The molecule has 0 radical (unpaired) electrons. The summed E-state index contributed by atoms with van der Waals surface area (Å²) in [6, 6.07) is 9.39. The molecule has 10 heteroatoms. The molecule has 1 aliphatic rings. The SMILES string of the molecule is CCOC(=O)CSc1cccc(OC(F)F)c1[C@H]1C[C@H](O)c2nc3ccc(Cl)cc3n21. The van der Waals surface area contributed by atoms with Gasteiger partial charge in [0.25, 0.3) is 0 Å². The standard InChI is InChI=1S/C21H19ClF2N2O4S/c1-2-29-18(28)10-31-17-5-3-4-16(30-21(23)24)19(17)14-9-15(27)20-25-12-7-6-11(22)8-13(12)26(14)20/h3-8,14-15,21,27H,2,9-10H2,1H3/t14-,15+/m1/s1. The lowest BCUT2D eigenvalue weighted by molar-refractivity contribution is -0.139. The molecule has 164 valence electrons. The van der Waals surface area contributed by atoms with Crippen molar-refractivity contribution < 1.29 is 28.2 Å². The molecule has 0 aliphatic carbocycles. The van der Waals surface area contributed by atoms with E-state index < -0.39 is 24.7 Å². The number of alkyl halides is 2. The van der Waals surface area contributed by atoms with E-state index >= 15 is 0 Å². The van der Waals surface area contributed by atoms with Crippen LogP contribution in [0.15, 0.2) is 41.3 Å². The summed E-state index contributed by atoms with van der Waals surface area (Å²) in [6.45, 7) is -1.06. The minimum atomic E-state index is -3.02. The van der Waals surface area contributed by atoms with Gasteiger partial charge in [0.1, 0.15) is 17.7 Å². The summed E-state index contributed by atoms with van der Waals surface area (Å²) in [4.78, 5) is 16.9. The van der Waals surface area contributed by atoms with Gasteiger partial charge in [-0.15, -0.1) is 11.8 Å². The fourth-order valence-corrected chi connectivity index (χ4v) is 4.92. The molecule has 0 fully saturated rings. The lowest BCUT2D eigenvalue weighted by atomic mass is 10.0. The highest BCUT2D eigenvalue weighted by Crippen LogP contribution is 2.47. The monoisotopic (exact) mass is 468 g/mol. The van der Waals surface area contributed by atoms with Gasteiger partial charge in [-0.1, -0.05) is 17.7 Å². The van der Waals surface area contributed by atoms with Crippen LogP contribution in [0.4, 0.5) is 8.78 Å². The number of aliphatic hydroxyl groups is 1. The first-order chi connectivity index (χ1) is 14.9. The Kier molecular flexibility index (Phi) is 6.36. The lowest BCUT2D eigenvalue weighted by Crippen LogP contribution is -2.13. The largest absolute Gasteiger partial charge is 0.465 e. The van der Waals surface area contributed by atoms with E-state index in [4.69, 9.17) is 21.1 Å². The van der Waals surface area contributed by atoms with Crippen LogP contribution >= 0.6 is 23.4 Å². The highest BCUT2D eigenvalue weighted by Gasteiger charge is 2.37. The summed E-state index contributed by atoms with van der Waals surface area (Å²) in [7, 11) is 0. The van der Waals surface area contributed by atoms with E-state index in [0.29, 0.717) is 32.3 Å². The van der Waals surface area contributed by atoms with Crippen LogP contribution in [0.2, 0.25) is 5.02 Å². The number of aliphatic hydroxyl groups excluding tert-OH is 1. The van der Waals surface area contributed by atoms with Crippen molar-refractivity contribution >= 4 is 40.4 Å². The number of nitrogens with zero attached hydrogens (tertiary/aromatic N) is 2. The number of imidazole rings is 1. The fourth-order valence-electron chi connectivity index (χ4n) is 3.83. The van der Waals surface area contributed by atoms with Gasteiger partial charge < -0.3 is 19.1 Å². The number of benzene rings is 2. The van der Waals surface area contributed by atoms with Crippen molar-refractivity contribution in [3.63, 3.8) is 0 Å². The number of thioether (sulfide) groups is 1. The van der Waals surface area contributed by atoms with Crippen molar-refractivity contribution in [1.29, 1.82) is 0 Å². The second-order valence-corrected chi connectivity index (χ2v) is 8.33. The molecule has 0 bridgehead atoms. The second-order valence-electron chi connectivity index (χ2n) is 6.88. The summed E-state index contributed by atoms with van der Waals surface area (Å²) < 4.78 is 37.9. The molecule has 0 amide bonds. The number of esters is 1. The summed E-state index contributed by atoms with van der Waals surface area (Å²) in [6.07, 6.45) is -0.667. The normalized spacial score (nSPS) is 17.9. The van der Waals surface area contributed by atoms with E-state index in [2.05, 4.69) is 4.98 Å². The number of halogens is 3. The maximum Gasteiger partial charge on any atom is 0.387 e. The number of rotatable bonds is 7. The molecule has 1 aromatic heterocycles. The second kappa shape index (κ2) is 9.02. The summed E-state index contributed by atoms with van der Waals surface area (Å²) >= 11 is 7.34. The number of carbonyl (C=O) groups is 1. The van der Waals surface area contributed by atoms with Gasteiger partial charge in [-0.3, -0.25) is 4.79 Å². The molecule has 6 nitrogen and oxygen atoms in total. The van der Waals surface area contributed by atoms with E-state index in [9.17, 15) is 18.7 Å². The predicted molar refractivity (Wildman–Crippen MR) is 113 cm³/mol. The maximum atomic E-state index is 13.2. The Bertz CT molecular complexity index is 1120. The lowest BCUT2D eigenvalue weighted by Gasteiger charge is -2.22. The number of ether oxygens (including phenoxy) is 2. The Hall–Kier alpha value is -2.36. The van der Waals surface area contributed by atoms with Gasteiger partial charge in [0.15, 0.2) is 0 Å². The third kappa shape index (κ3) is 4.35. The Balaban J connectivity index is 1.82. The van der Waals surface area contributed by atoms with Crippen LogP contribution in [-0.2, 0) is 9.53 Å². The number of carbonyl (C=O) groups excluding carboxylic acids is 1. The average Bonchev–Trinajstić information content (AvgIpc) is 3.24. The Morgan fingerprint density at radius 3 is 2.94 bits per heavy atom. The summed E-state index contributed by atoms with van der Waals surface area (Å²) in [5, 5.41) is 11.1. The van der Waals surface area contributed by atoms with Gasteiger partial charge in [-0.25, -0.2) is 4.98 Å². The van der Waals surface area contributed by atoms with E-state index in [-0.39, 0.29) is 24.5 Å². The molecule has 3 aromatic rings. The first-order valence-electron chi connectivity index (χ1n) is 9.60. The highest BCUT2D eigenvalue weighted by molar-refractivity contribution is 8.00. The highest BCUT2D eigenvalue weighted by atomic mass is 35.5. The van der Waals surface area contributed by atoms with Crippen LogP contribution in [0.1, 0.15) is 36.9 Å². The van der Waals surface area contributed by atoms with E-state index in [1.165, 1.54) is 17.8 Å². The quantitative estimate of drug-likeness (QED) is 0.390. The number of fused-ring (bicyclic) bond motifs is 3. The zero-order chi connectivity index (χ0) is 22.1. The molecular formula is C21H19ClF2N2O4S. The van der Waals surface area contributed by atoms with Gasteiger partial charge in [0.2, 0.25) is 0 Å². The first-order valence-corrected chi connectivity index (χ1v) is 11.0. The maximum absolute atomic E-state index is 13.2. The molecule has 31 heavy (non-hydrogen) atoms. The van der Waals surface area contributed by atoms with Gasteiger partial charge >= 0.3 is 12.6 Å². The van der Waals surface area contributed by atoms with Crippen LogP contribution in [0.3, 0.4) is 0 Å². The Morgan fingerprint density at radius 1 is 1.39 bits per heavy atom. The zero-order valence-corrected chi connectivity index (χ0v) is 18.0. The molecule has 1 N–H and O–H groups in total. The predicted octanol–water partition coefficient (Wildman–Crippen LogP) is 4.97. The van der Waals surface area contributed by atoms with Crippen molar-refractivity contribution in [3.05, 3.63) is 52.8 Å². The molecule has 4 rings (SSSR count). The van der Waals surface area contributed by atoms with Gasteiger partial charge in [-0.05, 0) is 37.3 Å². The molecule has 2 heterocycles. The third-order valence-corrected chi connectivity index (χ3v) is 6.24. The van der Waals surface area contributed by atoms with Crippen molar-refractivity contribution in [3.8, 4) is 5.75 Å². The molecule has 0 spiro atoms. The smallest absolute Gasteiger partial charge is 0.387 e.